The van der Waals surface area contributed by atoms with Crippen LogP contribution in [0.2, 0.25) is 0 Å². The van der Waals surface area contributed by atoms with Crippen LogP contribution in [0.1, 0.15) is 0 Å². The van der Waals surface area contributed by atoms with Crippen molar-refractivity contribution in [1.29, 1.82) is 0 Å². The van der Waals surface area contributed by atoms with Gasteiger partial charge >= 0.3 is 0 Å². The lowest BCUT2D eigenvalue weighted by Crippen LogP contribution is -2.22. The van der Waals surface area contributed by atoms with E-state index in [0.717, 1.165) is 0 Å². The molecule has 128 valence electrons. The van der Waals surface area contributed by atoms with Gasteiger partial charge in [0.1, 0.15) is 24.8 Å². The summed E-state index contributed by atoms with van der Waals surface area (Å²) >= 11 is 0. The Morgan fingerprint density at radius 3 is 1.09 bits per heavy atom. The predicted octanol–water partition coefficient (Wildman–Crippen LogP) is -2.31. The first kappa shape index (κ1) is 22.4. The molecular weight excluding hydrogens is 344 g/mol. The fourth-order valence-corrected chi connectivity index (χ4v) is 0.728. The molecular formula is C8H16N4O8S2. The van der Waals surface area contributed by atoms with Gasteiger partial charge in [-0.2, -0.15) is 0 Å². The molecule has 0 bridgehead atoms. The summed E-state index contributed by atoms with van der Waals surface area (Å²) in [7, 11) is -5.90. The highest BCUT2D eigenvalue weighted by atomic mass is 32.3. The zero-order chi connectivity index (χ0) is 17.8. The highest BCUT2D eigenvalue weighted by Gasteiger charge is 1.79. The SMILES string of the molecule is C[n+]1cc[nH]c1.C[n+]1cc[nH]c1.O=S(=O)([O-])O.O=S(=O)([O-])O. The molecule has 2 aromatic heterocycles. The Morgan fingerprint density at radius 1 is 0.818 bits per heavy atom. The van der Waals surface area contributed by atoms with E-state index in [1.807, 2.05) is 60.7 Å². The Kier molecular flexibility index (Phi) is 11.0. The summed E-state index contributed by atoms with van der Waals surface area (Å²) in [6.45, 7) is 0. The van der Waals surface area contributed by atoms with Gasteiger partial charge in [-0.15, -0.1) is 0 Å². The van der Waals surface area contributed by atoms with Gasteiger partial charge in [-0.1, -0.05) is 0 Å². The molecule has 0 aromatic carbocycles. The molecule has 0 aliphatic rings. The minimum atomic E-state index is -4.92. The number of hydrogen-bond donors (Lipinski definition) is 4. The second kappa shape index (κ2) is 10.8. The van der Waals surface area contributed by atoms with Crippen LogP contribution >= 0.6 is 0 Å². The van der Waals surface area contributed by atoms with Crippen molar-refractivity contribution in [3.05, 3.63) is 37.4 Å². The van der Waals surface area contributed by atoms with Crippen LogP contribution in [0.25, 0.3) is 0 Å². The summed E-state index contributed by atoms with van der Waals surface area (Å²) in [6.07, 6.45) is 11.4. The molecule has 4 N–H and O–H groups in total. The molecule has 14 heteroatoms. The number of imidazole rings is 2. The molecule has 0 spiro atoms. The topological polar surface area (TPSA) is 194 Å². The van der Waals surface area contributed by atoms with Gasteiger partial charge in [0.05, 0.1) is 14.1 Å². The van der Waals surface area contributed by atoms with E-state index in [1.165, 1.54) is 0 Å². The Balaban J connectivity index is 0. The lowest BCUT2D eigenvalue weighted by Gasteiger charge is -1.88. The molecule has 2 rings (SSSR count). The normalized spacial score (nSPS) is 10.1. The Bertz CT molecular complexity index is 600. The lowest BCUT2D eigenvalue weighted by atomic mass is 10.9. The Hall–Kier alpha value is -1.84. The number of nitrogens with one attached hydrogen (secondary N) is 2. The van der Waals surface area contributed by atoms with Crippen molar-refractivity contribution in [3.8, 4) is 0 Å². The average Bonchev–Trinajstić information content (AvgIpc) is 2.87. The molecule has 0 atom stereocenters. The van der Waals surface area contributed by atoms with Crippen molar-refractivity contribution in [2.45, 2.75) is 0 Å². The first-order valence-corrected chi connectivity index (χ1v) is 7.84. The number of H-pyrrole nitrogens is 2. The third-order valence-electron chi connectivity index (χ3n) is 1.37. The predicted molar refractivity (Wildman–Crippen MR) is 68.6 cm³/mol. The molecule has 0 saturated carbocycles. The minimum absolute atomic E-state index is 1.88. The first-order valence-electron chi connectivity index (χ1n) is 5.11. The molecule has 0 radical (unpaired) electrons. The Morgan fingerprint density at radius 2 is 1.05 bits per heavy atom. The van der Waals surface area contributed by atoms with Gasteiger partial charge in [0.2, 0.25) is 33.5 Å². The summed E-state index contributed by atoms with van der Waals surface area (Å²) < 4.78 is 69.6. The maximum atomic E-state index is 8.63. The van der Waals surface area contributed by atoms with E-state index in [2.05, 4.69) is 9.97 Å². The fourth-order valence-electron chi connectivity index (χ4n) is 0.728. The van der Waals surface area contributed by atoms with Crippen LogP contribution in [0.5, 0.6) is 0 Å². The molecule has 0 aliphatic heterocycles. The summed E-state index contributed by atoms with van der Waals surface area (Å²) in [5.41, 5.74) is 0. The molecule has 0 amide bonds. The average molecular weight is 360 g/mol. The van der Waals surface area contributed by atoms with Gasteiger partial charge < -0.3 is 9.11 Å². The van der Waals surface area contributed by atoms with E-state index in [1.54, 1.807) is 0 Å². The number of hydrogen-bond acceptors (Lipinski definition) is 6. The van der Waals surface area contributed by atoms with Crippen LogP contribution in [0.15, 0.2) is 37.4 Å². The fraction of sp³-hybridized carbons (Fsp3) is 0.250. The van der Waals surface area contributed by atoms with Gasteiger partial charge in [0, 0.05) is 0 Å². The van der Waals surface area contributed by atoms with E-state index in [-0.39, 0.29) is 0 Å². The van der Waals surface area contributed by atoms with Gasteiger partial charge in [-0.05, 0) is 0 Å². The first-order chi connectivity index (χ1) is 9.79. The molecule has 0 unspecified atom stereocenters. The van der Waals surface area contributed by atoms with Crippen LogP contribution < -0.4 is 9.13 Å². The summed E-state index contributed by atoms with van der Waals surface area (Å²) in [5.74, 6) is 0. The monoisotopic (exact) mass is 360 g/mol. The highest BCUT2D eigenvalue weighted by molar-refractivity contribution is 7.80. The number of nitrogens with zero attached hydrogens (tertiary/aromatic N) is 2. The maximum absolute atomic E-state index is 8.63. The lowest BCUT2D eigenvalue weighted by molar-refractivity contribution is -0.670. The van der Waals surface area contributed by atoms with Crippen LogP contribution in [0, 0.1) is 0 Å². The standard InChI is InChI=1S/2C4H6N2.2H2O4S/c2*1-6-3-2-5-4-6;2*1-5(2,3)4/h2*2-4H,1H3;2*(H2,1,2,3,4). The Labute approximate surface area is 127 Å². The zero-order valence-electron chi connectivity index (χ0n) is 11.5. The van der Waals surface area contributed by atoms with Crippen molar-refractivity contribution in [3.63, 3.8) is 0 Å². The third kappa shape index (κ3) is 36.2. The van der Waals surface area contributed by atoms with E-state index >= 15 is 0 Å². The number of aromatic nitrogens is 4. The molecule has 0 fully saturated rings. The second-order valence-corrected chi connectivity index (χ2v) is 5.12. The largest absolute Gasteiger partial charge is 0.726 e. The highest BCUT2D eigenvalue weighted by Crippen LogP contribution is 1.60. The van der Waals surface area contributed by atoms with Gasteiger partial charge in [-0.25, -0.2) is 26.0 Å². The molecule has 2 aromatic rings. The summed E-state index contributed by atoms with van der Waals surface area (Å²) in [6, 6.07) is 0. The quantitative estimate of drug-likeness (QED) is 0.228. The molecule has 12 nitrogen and oxygen atoms in total. The third-order valence-corrected chi connectivity index (χ3v) is 1.37. The summed E-state index contributed by atoms with van der Waals surface area (Å²) in [4.78, 5) is 5.78. The van der Waals surface area contributed by atoms with Crippen molar-refractivity contribution in [2.75, 3.05) is 0 Å². The van der Waals surface area contributed by atoms with Gasteiger partial charge in [-0.3, -0.25) is 19.1 Å². The van der Waals surface area contributed by atoms with E-state index in [0.29, 0.717) is 0 Å². The summed E-state index contributed by atoms with van der Waals surface area (Å²) in [5, 5.41) is 0. The van der Waals surface area contributed by atoms with Gasteiger partial charge in [0.15, 0.2) is 0 Å². The number of rotatable bonds is 0. The molecule has 0 saturated heterocycles. The minimum Gasteiger partial charge on any atom is -0.726 e. The molecule has 22 heavy (non-hydrogen) atoms. The van der Waals surface area contributed by atoms with Crippen LogP contribution in [0.4, 0.5) is 0 Å². The van der Waals surface area contributed by atoms with E-state index < -0.39 is 20.8 Å². The van der Waals surface area contributed by atoms with Gasteiger partial charge in [0.25, 0.3) is 0 Å². The maximum Gasteiger partial charge on any atom is 0.241 e. The van der Waals surface area contributed by atoms with Crippen LogP contribution in [-0.2, 0) is 34.9 Å². The number of aryl methyl sites for hydroxylation is 2. The van der Waals surface area contributed by atoms with Crippen molar-refractivity contribution in [2.24, 2.45) is 14.1 Å². The van der Waals surface area contributed by atoms with Crippen molar-refractivity contribution in [1.82, 2.24) is 9.97 Å². The number of aromatic amines is 2. The zero-order valence-corrected chi connectivity index (χ0v) is 13.2. The van der Waals surface area contributed by atoms with Crippen LogP contribution in [0.3, 0.4) is 0 Å². The van der Waals surface area contributed by atoms with Crippen molar-refractivity contribution < 1.29 is 44.2 Å². The smallest absolute Gasteiger partial charge is 0.241 e. The second-order valence-electron chi connectivity index (χ2n) is 3.41. The van der Waals surface area contributed by atoms with Crippen LogP contribution in [-0.4, -0.2) is 45.0 Å². The van der Waals surface area contributed by atoms with E-state index in [9.17, 15) is 0 Å². The van der Waals surface area contributed by atoms with Crippen molar-refractivity contribution >= 4 is 20.8 Å². The van der Waals surface area contributed by atoms with E-state index in [4.69, 9.17) is 35.0 Å². The molecule has 2 heterocycles. The molecule has 0 aliphatic carbocycles.